The van der Waals surface area contributed by atoms with Gasteiger partial charge in [0.2, 0.25) is 5.91 Å². The molecule has 1 aromatic carbocycles. The van der Waals surface area contributed by atoms with Crippen LogP contribution in [-0.4, -0.2) is 48.5 Å². The highest BCUT2D eigenvalue weighted by Crippen LogP contribution is 2.19. The van der Waals surface area contributed by atoms with Crippen molar-refractivity contribution in [1.82, 2.24) is 9.88 Å². The molecule has 25 heavy (non-hydrogen) atoms. The van der Waals surface area contributed by atoms with Gasteiger partial charge in [0.25, 0.3) is 0 Å². The molecule has 1 aliphatic heterocycles. The van der Waals surface area contributed by atoms with Crippen molar-refractivity contribution in [3.05, 3.63) is 41.4 Å². The highest BCUT2D eigenvalue weighted by molar-refractivity contribution is 7.13. The second-order valence-corrected chi connectivity index (χ2v) is 6.83. The van der Waals surface area contributed by atoms with Gasteiger partial charge in [-0.25, -0.2) is 4.98 Å². The lowest BCUT2D eigenvalue weighted by atomic mass is 10.2. The maximum Gasteiger partial charge on any atom is 0.225 e. The van der Waals surface area contributed by atoms with Gasteiger partial charge in [0.05, 0.1) is 11.3 Å². The number of para-hydroxylation sites is 1. The van der Waals surface area contributed by atoms with E-state index in [1.54, 1.807) is 29.5 Å². The summed E-state index contributed by atoms with van der Waals surface area (Å²) in [6.45, 7) is 4.59. The van der Waals surface area contributed by atoms with E-state index in [4.69, 9.17) is 5.26 Å². The number of nitriles is 1. The molecule has 0 bridgehead atoms. The van der Waals surface area contributed by atoms with Crippen LogP contribution in [0.4, 0.5) is 10.8 Å². The Labute approximate surface area is 151 Å². The van der Waals surface area contributed by atoms with Crippen molar-refractivity contribution in [3.8, 4) is 6.07 Å². The van der Waals surface area contributed by atoms with Crippen molar-refractivity contribution in [3.63, 3.8) is 0 Å². The summed E-state index contributed by atoms with van der Waals surface area (Å²) in [5, 5.41) is 15.0. The average Bonchev–Trinajstić information content (AvgIpc) is 3.06. The normalized spacial score (nSPS) is 15.4. The van der Waals surface area contributed by atoms with Gasteiger partial charge < -0.3 is 15.1 Å². The Morgan fingerprint density at radius 1 is 1.28 bits per heavy atom. The third-order valence-electron chi connectivity index (χ3n) is 4.26. The summed E-state index contributed by atoms with van der Waals surface area (Å²) in [7, 11) is 0. The molecule has 1 aromatic heterocycles. The minimum absolute atomic E-state index is 0.0521. The van der Waals surface area contributed by atoms with Crippen LogP contribution in [0.2, 0.25) is 0 Å². The van der Waals surface area contributed by atoms with Gasteiger partial charge >= 0.3 is 0 Å². The molecule has 0 spiro atoms. The summed E-state index contributed by atoms with van der Waals surface area (Å²) in [5.74, 6) is -0.0521. The molecule has 1 fully saturated rings. The molecule has 0 saturated carbocycles. The summed E-state index contributed by atoms with van der Waals surface area (Å²) >= 11 is 1.67. The first kappa shape index (κ1) is 17.4. The van der Waals surface area contributed by atoms with E-state index in [9.17, 15) is 4.79 Å². The number of carbonyl (C=O) groups is 1. The Morgan fingerprint density at radius 3 is 2.96 bits per heavy atom. The summed E-state index contributed by atoms with van der Waals surface area (Å²) in [4.78, 5) is 21.2. The van der Waals surface area contributed by atoms with Gasteiger partial charge in [-0.2, -0.15) is 5.26 Å². The van der Waals surface area contributed by atoms with E-state index in [1.807, 2.05) is 17.6 Å². The summed E-state index contributed by atoms with van der Waals surface area (Å²) in [6, 6.07) is 9.17. The maximum absolute atomic E-state index is 12.2. The van der Waals surface area contributed by atoms with Crippen molar-refractivity contribution in [2.24, 2.45) is 0 Å². The highest BCUT2D eigenvalue weighted by atomic mass is 32.1. The predicted molar refractivity (Wildman–Crippen MR) is 99.8 cm³/mol. The molecule has 1 N–H and O–H groups in total. The van der Waals surface area contributed by atoms with Crippen LogP contribution in [0.3, 0.4) is 0 Å². The van der Waals surface area contributed by atoms with Crippen LogP contribution in [0.25, 0.3) is 0 Å². The first-order valence-electron chi connectivity index (χ1n) is 8.42. The number of benzene rings is 1. The van der Waals surface area contributed by atoms with Gasteiger partial charge in [-0.3, -0.25) is 4.79 Å². The number of thiazole rings is 1. The molecule has 130 valence electrons. The molecule has 6 nitrogen and oxygen atoms in total. The van der Waals surface area contributed by atoms with Crippen LogP contribution >= 0.6 is 11.3 Å². The largest absolute Gasteiger partial charge is 0.347 e. The molecule has 0 atom stereocenters. The topological polar surface area (TPSA) is 72.3 Å². The lowest BCUT2D eigenvalue weighted by Gasteiger charge is -2.21. The van der Waals surface area contributed by atoms with Crippen LogP contribution in [-0.2, 0) is 4.79 Å². The van der Waals surface area contributed by atoms with Crippen LogP contribution in [0.15, 0.2) is 35.8 Å². The van der Waals surface area contributed by atoms with Crippen LogP contribution in [0, 0.1) is 11.3 Å². The number of nitrogens with zero attached hydrogens (tertiary/aromatic N) is 4. The monoisotopic (exact) mass is 355 g/mol. The minimum Gasteiger partial charge on any atom is -0.347 e. The molecule has 0 radical (unpaired) electrons. The summed E-state index contributed by atoms with van der Waals surface area (Å²) in [6.07, 6.45) is 3.33. The molecular weight excluding hydrogens is 334 g/mol. The number of rotatable bonds is 5. The van der Waals surface area contributed by atoms with E-state index in [0.717, 1.165) is 44.3 Å². The second-order valence-electron chi connectivity index (χ2n) is 5.95. The smallest absolute Gasteiger partial charge is 0.225 e. The predicted octanol–water partition coefficient (Wildman–Crippen LogP) is 2.56. The van der Waals surface area contributed by atoms with Crippen molar-refractivity contribution in [1.29, 1.82) is 5.26 Å². The maximum atomic E-state index is 12.2. The zero-order valence-electron chi connectivity index (χ0n) is 14.0. The van der Waals surface area contributed by atoms with E-state index < -0.39 is 0 Å². The first-order chi connectivity index (χ1) is 12.3. The lowest BCUT2D eigenvalue weighted by molar-refractivity contribution is -0.116. The third-order valence-corrected chi connectivity index (χ3v) is 5.09. The number of nitrogens with one attached hydrogen (secondary N) is 1. The Hall–Kier alpha value is -2.43. The van der Waals surface area contributed by atoms with Crippen LogP contribution in [0.5, 0.6) is 0 Å². The number of aromatic nitrogens is 1. The van der Waals surface area contributed by atoms with E-state index in [-0.39, 0.29) is 5.91 Å². The van der Waals surface area contributed by atoms with Gasteiger partial charge in [0, 0.05) is 44.2 Å². The van der Waals surface area contributed by atoms with Gasteiger partial charge in [-0.1, -0.05) is 12.1 Å². The molecule has 3 rings (SSSR count). The quantitative estimate of drug-likeness (QED) is 0.892. The van der Waals surface area contributed by atoms with E-state index in [1.165, 1.54) is 0 Å². The van der Waals surface area contributed by atoms with Crippen LogP contribution in [0.1, 0.15) is 18.4 Å². The van der Waals surface area contributed by atoms with E-state index in [2.05, 4.69) is 26.2 Å². The van der Waals surface area contributed by atoms with Gasteiger partial charge in [0.15, 0.2) is 5.13 Å². The van der Waals surface area contributed by atoms with Crippen molar-refractivity contribution in [2.75, 3.05) is 42.9 Å². The number of anilines is 2. The lowest BCUT2D eigenvalue weighted by Crippen LogP contribution is -2.32. The molecule has 1 amide bonds. The fourth-order valence-electron chi connectivity index (χ4n) is 2.92. The summed E-state index contributed by atoms with van der Waals surface area (Å²) in [5.41, 5.74) is 1.07. The second kappa shape index (κ2) is 8.60. The summed E-state index contributed by atoms with van der Waals surface area (Å²) < 4.78 is 0. The van der Waals surface area contributed by atoms with Gasteiger partial charge in [-0.15, -0.1) is 11.3 Å². The molecular formula is C18H21N5OS. The molecule has 7 heteroatoms. The standard InChI is InChI=1S/C18H21N5OS/c19-14-15-4-1-2-5-16(15)21-17(24)6-10-22-8-3-9-23(12-11-22)18-20-7-13-25-18/h1-2,4-5,7,13H,3,6,8-12H2,(H,21,24). The number of hydrogen-bond donors (Lipinski definition) is 1. The number of hydrogen-bond acceptors (Lipinski definition) is 6. The SMILES string of the molecule is N#Cc1ccccc1NC(=O)CCN1CCCN(c2nccs2)CC1. The van der Waals surface area contributed by atoms with Crippen molar-refractivity contribution >= 4 is 28.1 Å². The Balaban J connectivity index is 1.47. The highest BCUT2D eigenvalue weighted by Gasteiger charge is 2.17. The van der Waals surface area contributed by atoms with Crippen molar-refractivity contribution in [2.45, 2.75) is 12.8 Å². The number of carbonyl (C=O) groups excluding carboxylic acids is 1. The van der Waals surface area contributed by atoms with Gasteiger partial charge in [0.1, 0.15) is 6.07 Å². The van der Waals surface area contributed by atoms with E-state index >= 15 is 0 Å². The first-order valence-corrected chi connectivity index (χ1v) is 9.30. The Bertz CT molecular complexity index is 740. The average molecular weight is 355 g/mol. The van der Waals surface area contributed by atoms with Gasteiger partial charge in [-0.05, 0) is 25.1 Å². The zero-order chi connectivity index (χ0) is 17.5. The molecule has 0 aliphatic carbocycles. The Morgan fingerprint density at radius 2 is 2.16 bits per heavy atom. The molecule has 1 saturated heterocycles. The third kappa shape index (κ3) is 4.78. The van der Waals surface area contributed by atoms with E-state index in [0.29, 0.717) is 17.7 Å². The molecule has 1 aliphatic rings. The molecule has 2 heterocycles. The minimum atomic E-state index is -0.0521. The zero-order valence-corrected chi connectivity index (χ0v) is 14.8. The molecule has 0 unspecified atom stereocenters. The van der Waals surface area contributed by atoms with Crippen LogP contribution < -0.4 is 10.2 Å². The molecule has 2 aromatic rings. The fraction of sp³-hybridized carbons (Fsp3) is 0.389. The Kier molecular flexibility index (Phi) is 5.99. The van der Waals surface area contributed by atoms with Crippen molar-refractivity contribution < 1.29 is 4.79 Å². The fourth-order valence-corrected chi connectivity index (χ4v) is 3.62. The number of amides is 1.